The molecule has 18 heavy (non-hydrogen) atoms. The van der Waals surface area contributed by atoms with Crippen LogP contribution < -0.4 is 10.6 Å². The molecular formula is C12H18N4O2. The summed E-state index contributed by atoms with van der Waals surface area (Å²) in [4.78, 5) is 15.9. The predicted octanol–water partition coefficient (Wildman–Crippen LogP) is 1.02. The van der Waals surface area contributed by atoms with Crippen molar-refractivity contribution in [2.75, 3.05) is 13.1 Å². The van der Waals surface area contributed by atoms with E-state index in [1.165, 1.54) is 12.8 Å². The molecular weight excluding hydrogens is 232 g/mol. The monoisotopic (exact) mass is 250 g/mol. The first-order valence-corrected chi connectivity index (χ1v) is 6.68. The molecule has 1 saturated heterocycles. The van der Waals surface area contributed by atoms with E-state index in [1.807, 2.05) is 0 Å². The van der Waals surface area contributed by atoms with Crippen LogP contribution in [0, 0.1) is 5.92 Å². The van der Waals surface area contributed by atoms with Gasteiger partial charge < -0.3 is 15.2 Å². The van der Waals surface area contributed by atoms with Crippen molar-refractivity contribution in [1.82, 2.24) is 20.8 Å². The van der Waals surface area contributed by atoms with Crippen LogP contribution in [0.3, 0.4) is 0 Å². The average Bonchev–Trinajstić information content (AvgIpc) is 2.87. The lowest BCUT2D eigenvalue weighted by Crippen LogP contribution is -2.26. The number of nitrogens with one attached hydrogen (secondary N) is 2. The molecule has 0 aromatic carbocycles. The highest BCUT2D eigenvalue weighted by atomic mass is 16.5. The maximum atomic E-state index is 11.8. The van der Waals surface area contributed by atoms with Gasteiger partial charge in [0.25, 0.3) is 11.7 Å². The van der Waals surface area contributed by atoms with E-state index in [2.05, 4.69) is 20.8 Å². The Labute approximate surface area is 106 Å². The summed E-state index contributed by atoms with van der Waals surface area (Å²) in [6, 6.07) is 0.116. The molecule has 2 fully saturated rings. The zero-order chi connectivity index (χ0) is 12.4. The second-order valence-corrected chi connectivity index (χ2v) is 5.09. The maximum Gasteiger partial charge on any atom is 0.292 e. The molecule has 98 valence electrons. The summed E-state index contributed by atoms with van der Waals surface area (Å²) < 4.78 is 5.13. The minimum absolute atomic E-state index is 0.116. The van der Waals surface area contributed by atoms with E-state index in [9.17, 15) is 4.79 Å². The van der Waals surface area contributed by atoms with Gasteiger partial charge in [-0.1, -0.05) is 18.0 Å². The van der Waals surface area contributed by atoms with E-state index < -0.39 is 0 Å². The molecule has 1 aromatic heterocycles. The molecule has 1 aliphatic carbocycles. The summed E-state index contributed by atoms with van der Waals surface area (Å²) in [5, 5.41) is 9.83. The zero-order valence-electron chi connectivity index (χ0n) is 10.3. The van der Waals surface area contributed by atoms with Gasteiger partial charge in [0.15, 0.2) is 0 Å². The van der Waals surface area contributed by atoms with E-state index >= 15 is 0 Å². The lowest BCUT2D eigenvalue weighted by Gasteiger charge is -2.01. The Bertz CT molecular complexity index is 421. The number of hydrogen-bond donors (Lipinski definition) is 2. The van der Waals surface area contributed by atoms with Gasteiger partial charge in [-0.15, -0.1) is 0 Å². The second-order valence-electron chi connectivity index (χ2n) is 5.09. The Morgan fingerprint density at radius 1 is 1.44 bits per heavy atom. The van der Waals surface area contributed by atoms with Crippen molar-refractivity contribution in [2.45, 2.75) is 38.1 Å². The summed E-state index contributed by atoms with van der Waals surface area (Å²) in [6.07, 6.45) is 5.76. The van der Waals surface area contributed by atoms with Gasteiger partial charge in [0.2, 0.25) is 5.89 Å². The zero-order valence-corrected chi connectivity index (χ0v) is 10.3. The molecule has 2 heterocycles. The topological polar surface area (TPSA) is 80.0 Å². The SMILES string of the molecule is O=C(NCCC1CC1)c1noc(C2CCCN2)n1. The van der Waals surface area contributed by atoms with Crippen LogP contribution in [0.5, 0.6) is 0 Å². The summed E-state index contributed by atoms with van der Waals surface area (Å²) in [7, 11) is 0. The summed E-state index contributed by atoms with van der Waals surface area (Å²) in [5.74, 6) is 1.26. The molecule has 0 bridgehead atoms. The number of amides is 1. The highest BCUT2D eigenvalue weighted by molar-refractivity contribution is 5.90. The average molecular weight is 250 g/mol. The lowest BCUT2D eigenvalue weighted by atomic mass is 10.2. The van der Waals surface area contributed by atoms with Gasteiger partial charge >= 0.3 is 0 Å². The van der Waals surface area contributed by atoms with Crippen LogP contribution in [-0.2, 0) is 0 Å². The van der Waals surface area contributed by atoms with Crippen molar-refractivity contribution >= 4 is 5.91 Å². The Kier molecular flexibility index (Phi) is 3.27. The fourth-order valence-electron chi connectivity index (χ4n) is 2.24. The number of rotatable bonds is 5. The van der Waals surface area contributed by atoms with Crippen molar-refractivity contribution in [3.05, 3.63) is 11.7 Å². The van der Waals surface area contributed by atoms with Crippen molar-refractivity contribution in [3.8, 4) is 0 Å². The Balaban J connectivity index is 1.52. The van der Waals surface area contributed by atoms with Gasteiger partial charge in [0.1, 0.15) is 0 Å². The van der Waals surface area contributed by atoms with Crippen molar-refractivity contribution in [3.63, 3.8) is 0 Å². The van der Waals surface area contributed by atoms with Gasteiger partial charge in [-0.3, -0.25) is 4.79 Å². The van der Waals surface area contributed by atoms with Crippen LogP contribution in [0.25, 0.3) is 0 Å². The number of aromatic nitrogens is 2. The molecule has 1 saturated carbocycles. The van der Waals surface area contributed by atoms with Gasteiger partial charge in [0.05, 0.1) is 6.04 Å². The number of hydrogen-bond acceptors (Lipinski definition) is 5. The predicted molar refractivity (Wildman–Crippen MR) is 63.9 cm³/mol. The number of nitrogens with zero attached hydrogens (tertiary/aromatic N) is 2. The van der Waals surface area contributed by atoms with Crippen molar-refractivity contribution in [2.24, 2.45) is 5.92 Å². The largest absolute Gasteiger partial charge is 0.349 e. The van der Waals surface area contributed by atoms with Crippen molar-refractivity contribution < 1.29 is 9.32 Å². The molecule has 1 amide bonds. The number of carbonyl (C=O) groups excluding carboxylic acids is 1. The highest BCUT2D eigenvalue weighted by Crippen LogP contribution is 2.31. The lowest BCUT2D eigenvalue weighted by molar-refractivity contribution is 0.0939. The molecule has 1 aromatic rings. The fourth-order valence-corrected chi connectivity index (χ4v) is 2.24. The summed E-state index contributed by atoms with van der Waals surface area (Å²) in [6.45, 7) is 1.67. The van der Waals surface area contributed by atoms with Gasteiger partial charge in [-0.2, -0.15) is 4.98 Å². The molecule has 0 radical (unpaired) electrons. The minimum atomic E-state index is -0.233. The highest BCUT2D eigenvalue weighted by Gasteiger charge is 2.25. The van der Waals surface area contributed by atoms with E-state index in [-0.39, 0.29) is 17.8 Å². The quantitative estimate of drug-likeness (QED) is 0.815. The number of carbonyl (C=O) groups is 1. The molecule has 1 atom stereocenters. The first kappa shape index (κ1) is 11.6. The van der Waals surface area contributed by atoms with Crippen LogP contribution in [0.15, 0.2) is 4.52 Å². The minimum Gasteiger partial charge on any atom is -0.349 e. The normalized spacial score (nSPS) is 23.2. The fraction of sp³-hybridized carbons (Fsp3) is 0.750. The van der Waals surface area contributed by atoms with Gasteiger partial charge in [0, 0.05) is 6.54 Å². The van der Waals surface area contributed by atoms with Crippen LogP contribution in [0.1, 0.15) is 54.7 Å². The van der Waals surface area contributed by atoms with Crippen LogP contribution >= 0.6 is 0 Å². The third kappa shape index (κ3) is 2.69. The molecule has 2 aliphatic rings. The molecule has 6 nitrogen and oxygen atoms in total. The Hall–Kier alpha value is -1.43. The summed E-state index contributed by atoms with van der Waals surface area (Å²) in [5.41, 5.74) is 0. The Morgan fingerprint density at radius 2 is 2.33 bits per heavy atom. The first-order chi connectivity index (χ1) is 8.83. The van der Waals surface area contributed by atoms with Crippen molar-refractivity contribution in [1.29, 1.82) is 0 Å². The maximum absolute atomic E-state index is 11.8. The standard InChI is InChI=1S/C12H18N4O2/c17-11(14-7-5-8-3-4-8)10-15-12(18-16-10)9-2-1-6-13-9/h8-9,13H,1-7H2,(H,14,17). The molecule has 6 heteroatoms. The van der Waals surface area contributed by atoms with E-state index in [0.29, 0.717) is 12.4 Å². The molecule has 1 unspecified atom stereocenters. The van der Waals surface area contributed by atoms with E-state index in [1.54, 1.807) is 0 Å². The second kappa shape index (κ2) is 5.06. The van der Waals surface area contributed by atoms with Crippen LogP contribution in [0.2, 0.25) is 0 Å². The van der Waals surface area contributed by atoms with Gasteiger partial charge in [-0.25, -0.2) is 0 Å². The van der Waals surface area contributed by atoms with Gasteiger partial charge in [-0.05, 0) is 31.7 Å². The molecule has 0 spiro atoms. The smallest absolute Gasteiger partial charge is 0.292 e. The van der Waals surface area contributed by atoms with E-state index in [0.717, 1.165) is 31.7 Å². The third-order valence-corrected chi connectivity index (χ3v) is 3.54. The van der Waals surface area contributed by atoms with Crippen LogP contribution in [0.4, 0.5) is 0 Å². The summed E-state index contributed by atoms with van der Waals surface area (Å²) >= 11 is 0. The first-order valence-electron chi connectivity index (χ1n) is 6.68. The molecule has 2 N–H and O–H groups in total. The molecule has 1 aliphatic heterocycles. The molecule has 3 rings (SSSR count). The third-order valence-electron chi connectivity index (χ3n) is 3.54. The van der Waals surface area contributed by atoms with E-state index in [4.69, 9.17) is 4.52 Å². The Morgan fingerprint density at radius 3 is 3.06 bits per heavy atom. The van der Waals surface area contributed by atoms with Crippen LogP contribution in [-0.4, -0.2) is 29.1 Å².